The molecular formula is C11H5BrMoO4. The van der Waals surface area contributed by atoms with Crippen LogP contribution in [-0.4, -0.2) is 0 Å². The second-order valence-electron chi connectivity index (χ2n) is 1.55. The summed E-state index contributed by atoms with van der Waals surface area (Å²) in [4.78, 5) is 0. The Kier molecular flexibility index (Phi) is 53.5. The molecule has 0 fully saturated rings. The maximum atomic E-state index is 7.50. The number of benzene rings is 1. The average molecular weight is 377 g/mol. The molecule has 1 rings (SSSR count). The van der Waals surface area contributed by atoms with E-state index in [4.69, 9.17) is 18.6 Å². The molecule has 0 aromatic heterocycles. The van der Waals surface area contributed by atoms with Crippen molar-refractivity contribution in [1.82, 2.24) is 0 Å². The second-order valence-corrected chi connectivity index (χ2v) is 4.34. The maximum absolute atomic E-state index is 7.50. The van der Waals surface area contributed by atoms with Gasteiger partial charge in [-0.25, -0.2) is 0 Å². The van der Waals surface area contributed by atoms with Gasteiger partial charge in [0.05, 0.1) is 0 Å². The summed E-state index contributed by atoms with van der Waals surface area (Å²) in [5.41, 5.74) is 1.21. The van der Waals surface area contributed by atoms with Crippen LogP contribution >= 0.6 is 13.3 Å². The van der Waals surface area contributed by atoms with Gasteiger partial charge < -0.3 is 0 Å². The second kappa shape index (κ2) is 36.2. The van der Waals surface area contributed by atoms with E-state index in [2.05, 4.69) is 56.2 Å². The summed E-state index contributed by atoms with van der Waals surface area (Å²) in [5, 5.41) is 0. The van der Waals surface area contributed by atoms with Gasteiger partial charge in [0.15, 0.2) is 0 Å². The van der Waals surface area contributed by atoms with Crippen molar-refractivity contribution in [2.75, 3.05) is 0 Å². The normalized spacial score (nSPS) is 4.76. The zero-order valence-corrected chi connectivity index (χ0v) is 11.9. The van der Waals surface area contributed by atoms with Crippen molar-refractivity contribution in [2.45, 2.75) is 0 Å². The molecule has 0 aliphatic heterocycles. The first-order chi connectivity index (χ1) is 8.43. The summed E-state index contributed by atoms with van der Waals surface area (Å²) in [6.45, 7) is 18.0. The zero-order valence-electron chi connectivity index (χ0n) is 8.31. The summed E-state index contributed by atoms with van der Waals surface area (Å²) in [7, 11) is 0. The summed E-state index contributed by atoms with van der Waals surface area (Å²) in [6, 6.07) is 10.2. The summed E-state index contributed by atoms with van der Waals surface area (Å²) in [6.07, 6.45) is 0. The van der Waals surface area contributed by atoms with Crippen LogP contribution in [0.4, 0.5) is 0 Å². The number of hydrogen-bond donors (Lipinski definition) is 0. The molecule has 86 valence electrons. The van der Waals surface area contributed by atoms with Crippen LogP contribution < -0.4 is 0 Å². The van der Waals surface area contributed by atoms with Crippen LogP contribution in [0.1, 0.15) is 5.56 Å². The molecule has 0 amide bonds. The van der Waals surface area contributed by atoms with E-state index < -0.39 is 0 Å². The molecule has 0 bridgehead atoms. The zero-order chi connectivity index (χ0) is 14.5. The Balaban J connectivity index is -0.0000000905. The molecule has 0 spiro atoms. The van der Waals surface area contributed by atoms with Crippen LogP contribution in [0, 0.1) is 30.8 Å². The molecule has 6 heteroatoms. The predicted octanol–water partition coefficient (Wildman–Crippen LogP) is 2.24. The van der Waals surface area contributed by atoms with Gasteiger partial charge in [0, 0.05) is 0 Å². The third-order valence-electron chi connectivity index (χ3n) is 0.930. The Morgan fingerprint density at radius 1 is 0.824 bits per heavy atom. The van der Waals surface area contributed by atoms with Crippen molar-refractivity contribution in [2.24, 2.45) is 0 Å². The number of rotatable bonds is 0. The van der Waals surface area contributed by atoms with E-state index in [0.29, 0.717) is 0 Å². The van der Waals surface area contributed by atoms with E-state index >= 15 is 0 Å². The van der Waals surface area contributed by atoms with Crippen molar-refractivity contribution < 1.29 is 34.5 Å². The molecule has 0 aliphatic carbocycles. The first-order valence-electron chi connectivity index (χ1n) is 3.34. The van der Waals surface area contributed by atoms with Crippen molar-refractivity contribution in [3.05, 3.63) is 62.5 Å². The van der Waals surface area contributed by atoms with E-state index in [1.807, 2.05) is 18.2 Å². The van der Waals surface area contributed by atoms with Crippen LogP contribution in [0.15, 0.2) is 30.3 Å². The molecule has 0 aliphatic rings. The first kappa shape index (κ1) is 25.1. The summed E-state index contributed by atoms with van der Waals surface area (Å²) >= 11 is 3.25. The molecule has 0 saturated heterocycles. The van der Waals surface area contributed by atoms with E-state index in [-0.39, 0.29) is 15.8 Å². The first-order valence-corrected chi connectivity index (χ1v) is 8.93. The average Bonchev–Trinajstić information content (AvgIpc) is 2.49. The van der Waals surface area contributed by atoms with Gasteiger partial charge >= 0.3 is 114 Å². The van der Waals surface area contributed by atoms with E-state index in [0.717, 1.165) is 0 Å². The van der Waals surface area contributed by atoms with E-state index in [1.54, 1.807) is 0 Å². The van der Waals surface area contributed by atoms with Crippen LogP contribution in [-0.2, 0) is 34.5 Å². The summed E-state index contributed by atoms with van der Waals surface area (Å²) in [5.74, 6) is 0. The fourth-order valence-electron chi connectivity index (χ4n) is 0.551. The van der Waals surface area contributed by atoms with Crippen LogP contribution in [0.2, 0.25) is 0 Å². The number of halogens is 1. The Morgan fingerprint density at radius 2 is 1.18 bits per heavy atom. The Hall–Kier alpha value is -0.872. The quantitative estimate of drug-likeness (QED) is 0.378. The molecule has 0 heterocycles. The van der Waals surface area contributed by atoms with E-state index in [9.17, 15) is 0 Å². The standard InChI is InChI=1S/C7H5.4CO.BrH.Mo/c1-7-5-3-2-4-6-7;4*1-2;;/h2-6H;;;;;1H;/q;;;;;;+1/p-1. The third-order valence-corrected chi connectivity index (χ3v) is 2.66. The van der Waals surface area contributed by atoms with Gasteiger partial charge in [0.1, 0.15) is 0 Å². The van der Waals surface area contributed by atoms with Gasteiger partial charge in [-0.05, 0) is 0 Å². The molecule has 0 radical (unpaired) electrons. The fourth-order valence-corrected chi connectivity index (χ4v) is 2.21. The van der Waals surface area contributed by atoms with Gasteiger partial charge in [0.25, 0.3) is 0 Å². The van der Waals surface area contributed by atoms with Gasteiger partial charge in [0.2, 0.25) is 0 Å². The minimum absolute atomic E-state index is 0.156. The summed E-state index contributed by atoms with van der Waals surface area (Å²) < 4.78 is 33.3. The molecule has 4 nitrogen and oxygen atoms in total. The van der Waals surface area contributed by atoms with Crippen molar-refractivity contribution in [1.29, 1.82) is 0 Å². The third kappa shape index (κ3) is 25.4. The fraction of sp³-hybridized carbons (Fsp3) is 0. The minimum atomic E-state index is -0.156. The van der Waals surface area contributed by atoms with Crippen molar-refractivity contribution >= 4 is 13.3 Å². The molecule has 0 atom stereocenters. The SMILES string of the molecule is [Br][Mo]#[C]c1ccccc1.[C-]#[O+].[C-]#[O+].[C-]#[O+].[C-]#[O+]. The molecule has 17 heavy (non-hydrogen) atoms. The van der Waals surface area contributed by atoms with E-state index in [1.165, 1.54) is 5.56 Å². The van der Waals surface area contributed by atoms with Crippen LogP contribution in [0.3, 0.4) is 0 Å². The van der Waals surface area contributed by atoms with Gasteiger partial charge in [-0.15, -0.1) is 0 Å². The van der Waals surface area contributed by atoms with Crippen molar-refractivity contribution in [3.8, 4) is 4.20 Å². The van der Waals surface area contributed by atoms with Crippen LogP contribution in [0.5, 0.6) is 0 Å². The molecule has 1 aromatic carbocycles. The molecule has 0 unspecified atom stereocenters. The van der Waals surface area contributed by atoms with Crippen molar-refractivity contribution in [3.63, 3.8) is 0 Å². The Bertz CT molecular complexity index is 360. The Labute approximate surface area is 114 Å². The monoisotopic (exact) mass is 378 g/mol. The van der Waals surface area contributed by atoms with Gasteiger partial charge in [-0.2, -0.15) is 0 Å². The predicted molar refractivity (Wildman–Crippen MR) is 54.1 cm³/mol. The Morgan fingerprint density at radius 3 is 1.47 bits per heavy atom. The van der Waals surface area contributed by atoms with Crippen LogP contribution in [0.25, 0.3) is 0 Å². The van der Waals surface area contributed by atoms with Gasteiger partial charge in [-0.1, -0.05) is 0 Å². The molecule has 0 N–H and O–H groups in total. The molecule has 1 aromatic rings. The van der Waals surface area contributed by atoms with Gasteiger partial charge in [-0.3, -0.25) is 0 Å². The number of hydrogen-bond acceptors (Lipinski definition) is 0. The molecular weight excluding hydrogens is 372 g/mol. The topological polar surface area (TPSA) is 79.6 Å². The molecule has 0 saturated carbocycles.